The maximum Gasteiger partial charge on any atom is 0.244 e. The van der Waals surface area contributed by atoms with Gasteiger partial charge in [0, 0.05) is 30.1 Å². The highest BCUT2D eigenvalue weighted by Gasteiger charge is 2.14. The Morgan fingerprint density at radius 3 is 2.71 bits per heavy atom. The highest BCUT2D eigenvalue weighted by Crippen LogP contribution is 2.34. The van der Waals surface area contributed by atoms with Gasteiger partial charge in [0.1, 0.15) is 17.1 Å². The van der Waals surface area contributed by atoms with E-state index in [0.717, 1.165) is 39.2 Å². The van der Waals surface area contributed by atoms with E-state index in [1.54, 1.807) is 13.1 Å². The van der Waals surface area contributed by atoms with Gasteiger partial charge >= 0.3 is 0 Å². The first-order valence-corrected chi connectivity index (χ1v) is 7.04. The summed E-state index contributed by atoms with van der Waals surface area (Å²) in [5.74, 6) is 1.50. The number of hydrogen-bond donors (Lipinski definition) is 1. The molecule has 0 spiro atoms. The molecule has 0 aliphatic rings. The van der Waals surface area contributed by atoms with Crippen LogP contribution in [0.3, 0.4) is 0 Å². The molecule has 1 aromatic heterocycles. The molecule has 1 aromatic carbocycles. The van der Waals surface area contributed by atoms with Crippen LogP contribution >= 0.6 is 0 Å². The molecule has 0 bridgehead atoms. The van der Waals surface area contributed by atoms with E-state index in [2.05, 4.69) is 5.32 Å². The van der Waals surface area contributed by atoms with Crippen molar-refractivity contribution in [3.8, 4) is 5.75 Å². The predicted molar refractivity (Wildman–Crippen MR) is 84.6 cm³/mol. The van der Waals surface area contributed by atoms with Crippen molar-refractivity contribution in [2.45, 2.75) is 27.7 Å². The normalized spacial score (nSPS) is 11.8. The number of hydrogen-bond acceptors (Lipinski definition) is 3. The fourth-order valence-electron chi connectivity index (χ4n) is 2.30. The summed E-state index contributed by atoms with van der Waals surface area (Å²) >= 11 is 0. The number of carbonyl (C=O) groups is 1. The molecular weight excluding hydrogens is 266 g/mol. The van der Waals surface area contributed by atoms with E-state index in [1.807, 2.05) is 39.8 Å². The van der Waals surface area contributed by atoms with E-state index in [1.165, 1.54) is 0 Å². The Hall–Kier alpha value is -2.23. The second-order valence-corrected chi connectivity index (χ2v) is 5.00. The minimum atomic E-state index is -0.129. The maximum absolute atomic E-state index is 11.6. The summed E-state index contributed by atoms with van der Waals surface area (Å²) in [6.45, 7) is 8.38. The molecule has 0 saturated heterocycles. The zero-order valence-electron chi connectivity index (χ0n) is 13.2. The molecule has 2 rings (SSSR count). The number of rotatable bonds is 4. The van der Waals surface area contributed by atoms with Crippen molar-refractivity contribution in [3.05, 3.63) is 35.1 Å². The number of amides is 1. The fourth-order valence-corrected chi connectivity index (χ4v) is 2.30. The molecule has 0 aliphatic heterocycles. The first-order valence-electron chi connectivity index (χ1n) is 7.04. The molecule has 1 amide bonds. The summed E-state index contributed by atoms with van der Waals surface area (Å²) in [6, 6.07) is 3.93. The zero-order valence-corrected chi connectivity index (χ0v) is 13.2. The highest BCUT2D eigenvalue weighted by molar-refractivity contribution is 5.97. The average molecular weight is 287 g/mol. The Kier molecular flexibility index (Phi) is 4.36. The number of ether oxygens (including phenoxy) is 1. The molecule has 0 fully saturated rings. The Labute approximate surface area is 124 Å². The lowest BCUT2D eigenvalue weighted by Crippen LogP contribution is -2.14. The zero-order chi connectivity index (χ0) is 15.6. The van der Waals surface area contributed by atoms with Gasteiger partial charge in [-0.15, -0.1) is 0 Å². The standard InChI is InChI=1S/C17H21NO3/c1-6-20-15-9-16-14(11(3)12(4)21-16)8-13(15)10(2)7-17(19)18-5/h7-9H,6H2,1-5H3,(H,18,19)/b10-7+. The van der Waals surface area contributed by atoms with Crippen molar-refractivity contribution in [2.75, 3.05) is 13.7 Å². The van der Waals surface area contributed by atoms with Crippen molar-refractivity contribution in [1.82, 2.24) is 5.32 Å². The van der Waals surface area contributed by atoms with Crippen LogP contribution in [0.1, 0.15) is 30.7 Å². The first-order chi connectivity index (χ1) is 9.97. The van der Waals surface area contributed by atoms with Gasteiger partial charge in [-0.25, -0.2) is 0 Å². The summed E-state index contributed by atoms with van der Waals surface area (Å²) < 4.78 is 11.4. The molecule has 112 valence electrons. The molecule has 0 unspecified atom stereocenters. The molecule has 0 aliphatic carbocycles. The van der Waals surface area contributed by atoms with Crippen LogP contribution in [0.2, 0.25) is 0 Å². The van der Waals surface area contributed by atoms with Crippen LogP contribution in [0.25, 0.3) is 16.5 Å². The van der Waals surface area contributed by atoms with Crippen LogP contribution in [0.15, 0.2) is 22.6 Å². The van der Waals surface area contributed by atoms with E-state index in [-0.39, 0.29) is 5.91 Å². The summed E-state index contributed by atoms with van der Waals surface area (Å²) in [6.07, 6.45) is 1.58. The molecule has 1 heterocycles. The van der Waals surface area contributed by atoms with Crippen LogP contribution in [-0.2, 0) is 4.79 Å². The van der Waals surface area contributed by atoms with Crippen molar-refractivity contribution >= 4 is 22.4 Å². The van der Waals surface area contributed by atoms with Crippen LogP contribution in [0.4, 0.5) is 0 Å². The molecule has 1 N–H and O–H groups in total. The quantitative estimate of drug-likeness (QED) is 0.874. The van der Waals surface area contributed by atoms with Crippen LogP contribution in [-0.4, -0.2) is 19.6 Å². The third-order valence-electron chi connectivity index (χ3n) is 3.60. The van der Waals surface area contributed by atoms with Crippen LogP contribution in [0, 0.1) is 13.8 Å². The van der Waals surface area contributed by atoms with Crippen LogP contribution < -0.4 is 10.1 Å². The number of benzene rings is 1. The number of carbonyl (C=O) groups excluding carboxylic acids is 1. The lowest BCUT2D eigenvalue weighted by atomic mass is 10.0. The molecule has 0 atom stereocenters. The summed E-state index contributed by atoms with van der Waals surface area (Å²) in [4.78, 5) is 11.6. The lowest BCUT2D eigenvalue weighted by Gasteiger charge is -2.11. The van der Waals surface area contributed by atoms with E-state index >= 15 is 0 Å². The number of allylic oxidation sites excluding steroid dienone is 1. The number of aryl methyl sites for hydroxylation is 2. The van der Waals surface area contributed by atoms with Crippen molar-refractivity contribution in [1.29, 1.82) is 0 Å². The molecule has 4 heteroatoms. The van der Waals surface area contributed by atoms with Crippen molar-refractivity contribution < 1.29 is 13.9 Å². The van der Waals surface area contributed by atoms with Gasteiger partial charge in [0.05, 0.1) is 6.61 Å². The Bertz CT molecular complexity index is 710. The number of fused-ring (bicyclic) bond motifs is 1. The van der Waals surface area contributed by atoms with Gasteiger partial charge < -0.3 is 14.5 Å². The Morgan fingerprint density at radius 1 is 1.38 bits per heavy atom. The number of furan rings is 1. The van der Waals surface area contributed by atoms with E-state index in [9.17, 15) is 4.79 Å². The second-order valence-electron chi connectivity index (χ2n) is 5.00. The van der Waals surface area contributed by atoms with Gasteiger partial charge in [0.2, 0.25) is 5.91 Å². The molecule has 0 saturated carbocycles. The maximum atomic E-state index is 11.6. The predicted octanol–water partition coefficient (Wildman–Crippen LogP) is 3.60. The van der Waals surface area contributed by atoms with Crippen LogP contribution in [0.5, 0.6) is 5.75 Å². The fraction of sp³-hybridized carbons (Fsp3) is 0.353. The van der Waals surface area contributed by atoms with E-state index < -0.39 is 0 Å². The molecule has 0 radical (unpaired) electrons. The van der Waals surface area contributed by atoms with Crippen molar-refractivity contribution in [3.63, 3.8) is 0 Å². The second kappa shape index (κ2) is 6.04. The first kappa shape index (κ1) is 15.2. The number of likely N-dealkylation sites (N-methyl/N-ethyl adjacent to an activating group) is 1. The van der Waals surface area contributed by atoms with Gasteiger partial charge in [-0.05, 0) is 44.9 Å². The van der Waals surface area contributed by atoms with Gasteiger partial charge in [0.25, 0.3) is 0 Å². The summed E-state index contributed by atoms with van der Waals surface area (Å²) in [5.41, 5.74) is 3.70. The molecule has 4 nitrogen and oxygen atoms in total. The minimum Gasteiger partial charge on any atom is -0.493 e. The molecule has 21 heavy (non-hydrogen) atoms. The summed E-state index contributed by atoms with van der Waals surface area (Å²) in [5, 5.41) is 3.65. The largest absolute Gasteiger partial charge is 0.493 e. The minimum absolute atomic E-state index is 0.129. The van der Waals surface area contributed by atoms with Gasteiger partial charge in [0.15, 0.2) is 0 Å². The Morgan fingerprint density at radius 2 is 2.10 bits per heavy atom. The SMILES string of the molecule is CCOc1cc2oc(C)c(C)c2cc1/C(C)=C/C(=O)NC. The monoisotopic (exact) mass is 287 g/mol. The third kappa shape index (κ3) is 2.94. The smallest absolute Gasteiger partial charge is 0.244 e. The molecular formula is C17H21NO3. The van der Waals surface area contributed by atoms with E-state index in [4.69, 9.17) is 9.15 Å². The van der Waals surface area contributed by atoms with Gasteiger partial charge in [-0.2, -0.15) is 0 Å². The third-order valence-corrected chi connectivity index (χ3v) is 3.60. The number of nitrogens with one attached hydrogen (secondary N) is 1. The Balaban J connectivity index is 2.64. The van der Waals surface area contributed by atoms with Crippen molar-refractivity contribution in [2.24, 2.45) is 0 Å². The summed E-state index contributed by atoms with van der Waals surface area (Å²) in [7, 11) is 1.61. The van der Waals surface area contributed by atoms with E-state index in [0.29, 0.717) is 6.61 Å². The topological polar surface area (TPSA) is 51.5 Å². The van der Waals surface area contributed by atoms with Gasteiger partial charge in [-0.3, -0.25) is 4.79 Å². The lowest BCUT2D eigenvalue weighted by molar-refractivity contribution is -0.116. The van der Waals surface area contributed by atoms with Gasteiger partial charge in [-0.1, -0.05) is 0 Å². The highest BCUT2D eigenvalue weighted by atomic mass is 16.5. The average Bonchev–Trinajstić information content (AvgIpc) is 2.73. The molecule has 2 aromatic rings.